The van der Waals surface area contributed by atoms with Gasteiger partial charge in [0.05, 0.1) is 9.89 Å². The summed E-state index contributed by atoms with van der Waals surface area (Å²) in [4.78, 5) is 1.09. The molecule has 0 bridgehead atoms. The smallest absolute Gasteiger partial charge is 0.0910 e. The van der Waals surface area contributed by atoms with Gasteiger partial charge in [-0.3, -0.25) is 0 Å². The predicted molar refractivity (Wildman–Crippen MR) is 80.5 cm³/mol. The molecule has 1 fully saturated rings. The fourth-order valence-corrected chi connectivity index (χ4v) is 4.71. The van der Waals surface area contributed by atoms with Crippen LogP contribution >= 0.6 is 43.2 Å². The third-order valence-corrected chi connectivity index (χ3v) is 6.88. The van der Waals surface area contributed by atoms with Crippen molar-refractivity contribution < 1.29 is 5.11 Å². The van der Waals surface area contributed by atoms with Gasteiger partial charge in [-0.1, -0.05) is 32.1 Å². The maximum Gasteiger partial charge on any atom is 0.0910 e. The van der Waals surface area contributed by atoms with Crippen LogP contribution in [0.4, 0.5) is 0 Å². The lowest BCUT2D eigenvalue weighted by molar-refractivity contribution is 0.0944. The van der Waals surface area contributed by atoms with E-state index in [1.54, 1.807) is 11.3 Å². The second kappa shape index (κ2) is 6.69. The summed E-state index contributed by atoms with van der Waals surface area (Å²) >= 11 is 8.63. The molecule has 17 heavy (non-hydrogen) atoms. The fraction of sp³-hybridized carbons (Fsp3) is 0.692. The van der Waals surface area contributed by atoms with Crippen LogP contribution in [0.3, 0.4) is 0 Å². The highest BCUT2D eigenvalue weighted by molar-refractivity contribution is 9.13. The topological polar surface area (TPSA) is 20.2 Å². The Balaban J connectivity index is 2.04. The van der Waals surface area contributed by atoms with Crippen LogP contribution < -0.4 is 0 Å². The molecular weight excluding hydrogens is 364 g/mol. The molecule has 2 rings (SSSR count). The van der Waals surface area contributed by atoms with Gasteiger partial charge in [-0.25, -0.2) is 0 Å². The van der Waals surface area contributed by atoms with Gasteiger partial charge in [0.15, 0.2) is 0 Å². The lowest BCUT2D eigenvalue weighted by atomic mass is 9.87. The second-order valence-electron chi connectivity index (χ2n) is 4.82. The van der Waals surface area contributed by atoms with Crippen LogP contribution in [0.2, 0.25) is 0 Å². The van der Waals surface area contributed by atoms with Gasteiger partial charge in [-0.05, 0) is 56.7 Å². The molecule has 1 unspecified atom stereocenters. The Morgan fingerprint density at radius 1 is 1.12 bits per heavy atom. The van der Waals surface area contributed by atoms with Crippen molar-refractivity contribution in [2.24, 2.45) is 5.92 Å². The largest absolute Gasteiger partial charge is 0.387 e. The molecule has 1 saturated carbocycles. The van der Waals surface area contributed by atoms with Crippen LogP contribution in [0, 0.1) is 5.92 Å². The molecule has 0 aliphatic heterocycles. The number of aliphatic hydroxyl groups excluding tert-OH is 1. The average molecular weight is 382 g/mol. The molecule has 0 amide bonds. The van der Waals surface area contributed by atoms with Crippen LogP contribution in [0.1, 0.15) is 55.9 Å². The molecule has 1 aromatic heterocycles. The Hall–Kier alpha value is 0.620. The van der Waals surface area contributed by atoms with Gasteiger partial charge in [0.1, 0.15) is 0 Å². The van der Waals surface area contributed by atoms with Crippen molar-refractivity contribution in [2.45, 2.75) is 51.0 Å². The Morgan fingerprint density at radius 3 is 2.24 bits per heavy atom. The number of halogens is 2. The lowest BCUT2D eigenvalue weighted by Crippen LogP contribution is -2.13. The van der Waals surface area contributed by atoms with Gasteiger partial charge in [0.25, 0.3) is 0 Å². The van der Waals surface area contributed by atoms with Crippen molar-refractivity contribution in [1.82, 2.24) is 0 Å². The minimum atomic E-state index is -0.277. The summed E-state index contributed by atoms with van der Waals surface area (Å²) in [5.74, 6) is 0.452. The van der Waals surface area contributed by atoms with Crippen molar-refractivity contribution in [1.29, 1.82) is 0 Å². The van der Waals surface area contributed by atoms with Crippen molar-refractivity contribution in [2.75, 3.05) is 0 Å². The van der Waals surface area contributed by atoms with E-state index in [1.807, 2.05) is 0 Å². The molecular formula is C13H18Br2OS. The third kappa shape index (κ3) is 3.79. The van der Waals surface area contributed by atoms with Gasteiger partial charge in [-0.2, -0.15) is 0 Å². The minimum absolute atomic E-state index is 0.277. The fourth-order valence-electron chi connectivity index (χ4n) is 2.54. The molecule has 1 aliphatic carbocycles. The third-order valence-electron chi connectivity index (χ3n) is 3.55. The highest BCUT2D eigenvalue weighted by Gasteiger charge is 2.23. The molecule has 1 nitrogen and oxygen atoms in total. The van der Waals surface area contributed by atoms with E-state index in [2.05, 4.69) is 37.9 Å². The zero-order valence-electron chi connectivity index (χ0n) is 9.79. The minimum Gasteiger partial charge on any atom is -0.387 e. The predicted octanol–water partition coefficient (Wildman–Crippen LogP) is 5.67. The molecule has 1 heterocycles. The normalized spacial score (nSPS) is 20.9. The summed E-state index contributed by atoms with van der Waals surface area (Å²) in [7, 11) is 0. The maximum atomic E-state index is 10.5. The van der Waals surface area contributed by atoms with Gasteiger partial charge in [0.2, 0.25) is 0 Å². The number of hydrogen-bond donors (Lipinski definition) is 1. The number of hydrogen-bond acceptors (Lipinski definition) is 2. The summed E-state index contributed by atoms with van der Waals surface area (Å²) in [6, 6.07) is 2.05. The van der Waals surface area contributed by atoms with E-state index in [1.165, 1.54) is 44.9 Å². The zero-order valence-corrected chi connectivity index (χ0v) is 13.8. The molecule has 1 atom stereocenters. The number of aliphatic hydroxyl groups is 1. The first-order valence-electron chi connectivity index (χ1n) is 6.31. The highest BCUT2D eigenvalue weighted by Crippen LogP contribution is 2.40. The summed E-state index contributed by atoms with van der Waals surface area (Å²) in [6.07, 6.45) is 8.66. The summed E-state index contributed by atoms with van der Waals surface area (Å²) < 4.78 is 2.14. The van der Waals surface area contributed by atoms with Crippen LogP contribution in [-0.2, 0) is 0 Å². The number of rotatable bonds is 2. The van der Waals surface area contributed by atoms with Crippen LogP contribution in [-0.4, -0.2) is 5.11 Å². The molecule has 0 spiro atoms. The molecule has 0 saturated heterocycles. The zero-order chi connectivity index (χ0) is 12.3. The lowest BCUT2D eigenvalue weighted by Gasteiger charge is -2.24. The Bertz CT molecular complexity index is 337. The van der Waals surface area contributed by atoms with Crippen molar-refractivity contribution >= 4 is 43.2 Å². The van der Waals surface area contributed by atoms with E-state index in [9.17, 15) is 5.11 Å². The highest BCUT2D eigenvalue weighted by atomic mass is 79.9. The number of thiophene rings is 1. The standard InChI is InChI=1S/C13H18Br2OS/c14-10-8-11(17-13(10)15)12(16)9-6-4-2-1-3-5-7-9/h8-9,12,16H,1-7H2. The Kier molecular flexibility index (Phi) is 5.52. The van der Waals surface area contributed by atoms with Crippen molar-refractivity contribution in [3.05, 3.63) is 19.2 Å². The van der Waals surface area contributed by atoms with Gasteiger partial charge in [-0.15, -0.1) is 11.3 Å². The Morgan fingerprint density at radius 2 is 1.71 bits per heavy atom. The maximum absolute atomic E-state index is 10.5. The second-order valence-corrected chi connectivity index (χ2v) is 8.08. The van der Waals surface area contributed by atoms with E-state index in [4.69, 9.17) is 0 Å². The molecule has 1 N–H and O–H groups in total. The monoisotopic (exact) mass is 380 g/mol. The van der Waals surface area contributed by atoms with Gasteiger partial charge >= 0.3 is 0 Å². The van der Waals surface area contributed by atoms with Crippen molar-refractivity contribution in [3.63, 3.8) is 0 Å². The molecule has 96 valence electrons. The van der Waals surface area contributed by atoms with Crippen LogP contribution in [0.25, 0.3) is 0 Å². The summed E-state index contributed by atoms with van der Waals surface area (Å²) in [5, 5.41) is 10.5. The van der Waals surface area contributed by atoms with Crippen molar-refractivity contribution in [3.8, 4) is 0 Å². The molecule has 0 aromatic carbocycles. The first-order valence-corrected chi connectivity index (χ1v) is 8.71. The van der Waals surface area contributed by atoms with E-state index >= 15 is 0 Å². The van der Waals surface area contributed by atoms with Crippen LogP contribution in [0.5, 0.6) is 0 Å². The molecule has 1 aromatic rings. The first-order chi connectivity index (χ1) is 8.18. The molecule has 4 heteroatoms. The quantitative estimate of drug-likeness (QED) is 0.699. The van der Waals surface area contributed by atoms with Gasteiger partial charge in [0, 0.05) is 9.35 Å². The van der Waals surface area contributed by atoms with E-state index in [-0.39, 0.29) is 6.10 Å². The molecule has 1 aliphatic rings. The van der Waals surface area contributed by atoms with E-state index in [0.29, 0.717) is 5.92 Å². The summed E-state index contributed by atoms with van der Waals surface area (Å²) in [5.41, 5.74) is 0. The van der Waals surface area contributed by atoms with Gasteiger partial charge < -0.3 is 5.11 Å². The molecule has 0 radical (unpaired) electrons. The van der Waals surface area contributed by atoms with Crippen LogP contribution in [0.15, 0.2) is 14.3 Å². The summed E-state index contributed by atoms with van der Waals surface area (Å²) in [6.45, 7) is 0. The Labute approximate surface area is 124 Å². The SMILES string of the molecule is OC(c1cc(Br)c(Br)s1)C1CCCCCCC1. The van der Waals surface area contributed by atoms with E-state index < -0.39 is 0 Å². The average Bonchev–Trinajstić information content (AvgIpc) is 2.58. The first kappa shape index (κ1) is 14.0. The van der Waals surface area contributed by atoms with E-state index in [0.717, 1.165) is 13.1 Å².